The van der Waals surface area contributed by atoms with E-state index in [1.54, 1.807) is 0 Å². The highest BCUT2D eigenvalue weighted by Crippen LogP contribution is 2.50. The zero-order valence-corrected chi connectivity index (χ0v) is 49.0. The highest BCUT2D eigenvalue weighted by Gasteiger charge is 2.30. The fraction of sp³-hybridized carbons (Fsp3) is 0.111. The summed E-state index contributed by atoms with van der Waals surface area (Å²) in [5.41, 5.74) is 20.8. The van der Waals surface area contributed by atoms with E-state index in [1.165, 1.54) is 56.5 Å². The van der Waals surface area contributed by atoms with E-state index >= 15 is 0 Å². The molecule has 0 bridgehead atoms. The third kappa shape index (κ3) is 15.4. The smallest absolute Gasteiger partial charge is 0.0462 e. The largest absolute Gasteiger partial charge is 0.311 e. The van der Waals surface area contributed by atoms with E-state index in [0.717, 1.165) is 63.7 Å². The van der Waals surface area contributed by atoms with Gasteiger partial charge in [0.2, 0.25) is 0 Å². The number of para-hydroxylation sites is 1. The molecule has 9 aromatic carbocycles. The van der Waals surface area contributed by atoms with E-state index in [2.05, 4.69) is 315 Å². The predicted molar refractivity (Wildman–Crippen MR) is 365 cm³/mol. The number of benzene rings is 9. The van der Waals surface area contributed by atoms with Gasteiger partial charge in [0.05, 0.1) is 0 Å². The molecule has 0 radical (unpaired) electrons. The van der Waals surface area contributed by atoms with Crippen molar-refractivity contribution in [1.29, 1.82) is 0 Å². The lowest BCUT2D eigenvalue weighted by molar-refractivity contribution is 0.961. The Hall–Kier alpha value is -9.76. The van der Waals surface area contributed by atoms with E-state index in [-0.39, 0.29) is 5.92 Å². The Labute approximate surface area is 496 Å². The van der Waals surface area contributed by atoms with Crippen LogP contribution in [0.3, 0.4) is 0 Å². The van der Waals surface area contributed by atoms with Gasteiger partial charge in [0, 0.05) is 40.1 Å². The summed E-state index contributed by atoms with van der Waals surface area (Å²) < 4.78 is 0. The topological polar surface area (TPSA) is 6.48 Å². The number of allylic oxidation sites excluding steroid dienone is 10. The van der Waals surface area contributed by atoms with Gasteiger partial charge in [-0.1, -0.05) is 277 Å². The summed E-state index contributed by atoms with van der Waals surface area (Å²) in [7, 11) is 0. The molecule has 0 heterocycles. The molecule has 9 aromatic rings. The fourth-order valence-corrected chi connectivity index (χ4v) is 10.2. The zero-order chi connectivity index (χ0) is 58.0. The van der Waals surface area contributed by atoms with E-state index < -0.39 is 0 Å². The maximum atomic E-state index is 4.01. The van der Waals surface area contributed by atoms with Crippen molar-refractivity contribution in [3.05, 3.63) is 366 Å². The lowest BCUT2D eigenvalue weighted by Gasteiger charge is -2.28. The van der Waals surface area contributed by atoms with Crippen LogP contribution in [0.15, 0.2) is 316 Å². The van der Waals surface area contributed by atoms with Crippen LogP contribution < -0.4 is 9.80 Å². The van der Waals surface area contributed by atoms with Gasteiger partial charge in [-0.25, -0.2) is 0 Å². The molecule has 1 unspecified atom stereocenters. The second kappa shape index (κ2) is 31.3. The molecule has 0 spiro atoms. The minimum absolute atomic E-state index is 0.135. The standard InChI is InChI=1S/C70H54N2.C5H10.C4H8.C2H6/c1-2-52-35-43-61(44-36-52)71(59-27-15-3-4-16-28-59)64-49-41-58(42-50-64)70-68(51-67(55-23-11-6-12-24-55)65-31-19-20-32-66(65)69(70)57-25-13-7-14-26-57)56-39-47-63(48-40-56)72(60-29-17-8-18-30-60)62-45-37-54(38-46-62)34-33-53-21-9-5-10-22-53;1-3-5-4-2;1-3-4-2;1-2/h2-3,5-51,68H,1,4H2;3H,1,4-5H2,2H3;3-4H,1-2H3;1-2H3/b34-33+;;4-3-;. The van der Waals surface area contributed by atoms with Crippen LogP contribution in [0, 0.1) is 0 Å². The van der Waals surface area contributed by atoms with Crippen molar-refractivity contribution in [3.8, 4) is 0 Å². The summed E-state index contributed by atoms with van der Waals surface area (Å²) in [6.45, 7) is 17.7. The molecule has 412 valence electrons. The van der Waals surface area contributed by atoms with Crippen LogP contribution in [-0.2, 0) is 0 Å². The number of hydrogen-bond acceptors (Lipinski definition) is 2. The van der Waals surface area contributed by atoms with E-state index in [1.807, 2.05) is 58.1 Å². The van der Waals surface area contributed by atoms with Gasteiger partial charge in [-0.3, -0.25) is 0 Å². The first-order chi connectivity index (χ1) is 41.0. The normalized spacial score (nSPS) is 13.3. The van der Waals surface area contributed by atoms with Crippen molar-refractivity contribution in [3.63, 3.8) is 0 Å². The lowest BCUT2D eigenvalue weighted by Crippen LogP contribution is -2.15. The number of fused-ring (bicyclic) bond motifs is 1. The van der Waals surface area contributed by atoms with E-state index in [4.69, 9.17) is 0 Å². The van der Waals surface area contributed by atoms with Crippen molar-refractivity contribution in [2.24, 2.45) is 0 Å². The Morgan fingerprint density at radius 3 is 1.47 bits per heavy atom. The van der Waals surface area contributed by atoms with Gasteiger partial charge in [0.15, 0.2) is 0 Å². The first kappa shape index (κ1) is 59.4. The van der Waals surface area contributed by atoms with Crippen molar-refractivity contribution < 1.29 is 0 Å². The van der Waals surface area contributed by atoms with Gasteiger partial charge in [-0.05, 0) is 166 Å². The first-order valence-electron chi connectivity index (χ1n) is 29.3. The number of anilines is 5. The van der Waals surface area contributed by atoms with Gasteiger partial charge in [-0.2, -0.15) is 0 Å². The molecule has 0 fully saturated rings. The molecule has 2 aliphatic rings. The van der Waals surface area contributed by atoms with Crippen molar-refractivity contribution in [2.75, 3.05) is 9.80 Å². The van der Waals surface area contributed by atoms with Gasteiger partial charge in [0.1, 0.15) is 0 Å². The molecule has 83 heavy (non-hydrogen) atoms. The molecule has 0 aromatic heterocycles. The van der Waals surface area contributed by atoms with Crippen LogP contribution in [0.5, 0.6) is 0 Å². The van der Waals surface area contributed by atoms with Gasteiger partial charge in [0.25, 0.3) is 0 Å². The van der Waals surface area contributed by atoms with Crippen LogP contribution >= 0.6 is 0 Å². The second-order valence-electron chi connectivity index (χ2n) is 19.8. The summed E-state index contributed by atoms with van der Waals surface area (Å²) >= 11 is 0. The van der Waals surface area contributed by atoms with E-state index in [9.17, 15) is 0 Å². The van der Waals surface area contributed by atoms with Crippen molar-refractivity contribution in [1.82, 2.24) is 0 Å². The molecule has 2 heteroatoms. The van der Waals surface area contributed by atoms with Gasteiger partial charge in [-0.15, -0.1) is 6.58 Å². The average Bonchev–Trinajstić information content (AvgIpc) is 2.53. The molecule has 0 saturated heterocycles. The SMILES string of the molecule is C/C=C\C.C=CCCC.C=Cc1ccc(N(C2=CC=CCC=C2)c2ccc(C3=C(c4ccccc4)c4ccccc4C(c4ccccc4)=CC3c3ccc(N(c4ccccc4)c4ccc(/C=C/c5ccccc5)cc4)cc3)cc2)cc1.CC. The summed E-state index contributed by atoms with van der Waals surface area (Å²) in [5.74, 6) is -0.135. The third-order valence-corrected chi connectivity index (χ3v) is 14.4. The zero-order valence-electron chi connectivity index (χ0n) is 49.0. The maximum absolute atomic E-state index is 4.01. The number of nitrogens with zero attached hydrogens (tertiary/aromatic N) is 2. The molecular weight excluding hydrogens is 1000 g/mol. The molecule has 0 N–H and O–H groups in total. The Balaban J connectivity index is 0.000000756. The third-order valence-electron chi connectivity index (χ3n) is 14.4. The fourth-order valence-electron chi connectivity index (χ4n) is 10.2. The second-order valence-corrected chi connectivity index (χ2v) is 19.8. The monoisotopic (exact) mass is 1080 g/mol. The van der Waals surface area contributed by atoms with Crippen molar-refractivity contribution >= 4 is 63.4 Å². The Bertz CT molecular complexity index is 3660. The molecule has 2 nitrogen and oxygen atoms in total. The first-order valence-corrected chi connectivity index (χ1v) is 29.3. The van der Waals surface area contributed by atoms with Crippen LogP contribution in [0.2, 0.25) is 0 Å². The van der Waals surface area contributed by atoms with Crippen LogP contribution in [0.4, 0.5) is 28.4 Å². The highest BCUT2D eigenvalue weighted by molar-refractivity contribution is 6.07. The maximum Gasteiger partial charge on any atom is 0.0462 e. The molecule has 0 saturated carbocycles. The number of unbranched alkanes of at least 4 members (excludes halogenated alkanes) is 1. The molecule has 0 aliphatic heterocycles. The molecule has 2 aliphatic carbocycles. The predicted octanol–water partition coefficient (Wildman–Crippen LogP) is 23.3. The molecular formula is C81H78N2. The summed E-state index contributed by atoms with van der Waals surface area (Å²) in [6, 6.07) is 87.9. The Morgan fingerprint density at radius 2 is 0.928 bits per heavy atom. The lowest BCUT2D eigenvalue weighted by atomic mass is 9.80. The van der Waals surface area contributed by atoms with Crippen LogP contribution in [-0.4, -0.2) is 0 Å². The Morgan fingerprint density at radius 1 is 0.458 bits per heavy atom. The summed E-state index contributed by atoms with van der Waals surface area (Å²) in [4.78, 5) is 4.69. The minimum atomic E-state index is -0.135. The Kier molecular flexibility index (Phi) is 22.4. The average molecular weight is 1080 g/mol. The highest BCUT2D eigenvalue weighted by atomic mass is 15.1. The summed E-state index contributed by atoms with van der Waals surface area (Å²) in [6.07, 6.45) is 28.9. The minimum Gasteiger partial charge on any atom is -0.311 e. The number of rotatable bonds is 15. The summed E-state index contributed by atoms with van der Waals surface area (Å²) in [5, 5.41) is 0. The van der Waals surface area contributed by atoms with Gasteiger partial charge < -0.3 is 9.80 Å². The quantitative estimate of drug-likeness (QED) is 0.0746. The van der Waals surface area contributed by atoms with E-state index in [0.29, 0.717) is 0 Å². The van der Waals surface area contributed by atoms with Crippen LogP contribution in [0.25, 0.3) is 34.9 Å². The molecule has 1 atom stereocenters. The van der Waals surface area contributed by atoms with Crippen LogP contribution in [0.1, 0.15) is 110 Å². The van der Waals surface area contributed by atoms with Crippen molar-refractivity contribution in [2.45, 2.75) is 59.8 Å². The molecule has 11 rings (SSSR count). The number of hydrogen-bond donors (Lipinski definition) is 0. The van der Waals surface area contributed by atoms with Gasteiger partial charge >= 0.3 is 0 Å². The molecule has 0 amide bonds.